The highest BCUT2D eigenvalue weighted by atomic mass is 35.5. The summed E-state index contributed by atoms with van der Waals surface area (Å²) in [6.45, 7) is 0. The lowest BCUT2D eigenvalue weighted by atomic mass is 10.0. The molecule has 3 aromatic carbocycles. The third kappa shape index (κ3) is 3.86. The van der Waals surface area contributed by atoms with E-state index in [2.05, 4.69) is 10.3 Å². The number of amides is 2. The number of nitrogens with two attached hydrogens (primary N) is 1. The van der Waals surface area contributed by atoms with E-state index in [1.165, 1.54) is 12.1 Å². The molecular formula is C23H15ClFN3O2. The van der Waals surface area contributed by atoms with Crippen LogP contribution < -0.4 is 11.1 Å². The molecule has 0 saturated carbocycles. The lowest BCUT2D eigenvalue weighted by molar-refractivity contribution is 0.0992. The number of fused-ring (bicyclic) bond motifs is 1. The van der Waals surface area contributed by atoms with E-state index < -0.39 is 17.6 Å². The molecule has 0 saturated heterocycles. The Bertz CT molecular complexity index is 1290. The van der Waals surface area contributed by atoms with Crippen molar-refractivity contribution in [1.82, 2.24) is 4.98 Å². The normalized spacial score (nSPS) is 10.7. The first-order chi connectivity index (χ1) is 14.4. The molecule has 0 atom stereocenters. The summed E-state index contributed by atoms with van der Waals surface area (Å²) < 4.78 is 13.7. The van der Waals surface area contributed by atoms with Gasteiger partial charge >= 0.3 is 0 Å². The zero-order valence-electron chi connectivity index (χ0n) is 15.5. The van der Waals surface area contributed by atoms with Crippen molar-refractivity contribution in [2.24, 2.45) is 5.73 Å². The number of aromatic nitrogens is 1. The summed E-state index contributed by atoms with van der Waals surface area (Å²) in [6.07, 6.45) is 0. The van der Waals surface area contributed by atoms with Crippen molar-refractivity contribution in [3.8, 4) is 11.3 Å². The number of nitrogens with zero attached hydrogens (tertiary/aromatic N) is 1. The van der Waals surface area contributed by atoms with Crippen LogP contribution in [0.15, 0.2) is 72.8 Å². The third-order valence-electron chi connectivity index (χ3n) is 4.59. The SMILES string of the molecule is NC(=O)c1cc(NC(=O)c2cc(-c3ccc(Cl)cc3)nc3ccccc23)ccc1F. The van der Waals surface area contributed by atoms with Crippen LogP contribution in [-0.4, -0.2) is 16.8 Å². The van der Waals surface area contributed by atoms with E-state index in [0.717, 1.165) is 11.6 Å². The topological polar surface area (TPSA) is 85.1 Å². The molecule has 5 nitrogen and oxygen atoms in total. The fraction of sp³-hybridized carbons (Fsp3) is 0. The molecule has 148 valence electrons. The second-order valence-electron chi connectivity index (χ2n) is 6.59. The molecular weight excluding hydrogens is 405 g/mol. The van der Waals surface area contributed by atoms with Crippen LogP contribution in [0.5, 0.6) is 0 Å². The smallest absolute Gasteiger partial charge is 0.256 e. The lowest BCUT2D eigenvalue weighted by Gasteiger charge is -2.11. The van der Waals surface area contributed by atoms with Gasteiger partial charge in [0.1, 0.15) is 5.82 Å². The standard InChI is InChI=1S/C23H15ClFN3O2/c24-14-7-5-13(6-8-14)21-12-17(16-3-1-2-4-20(16)28-21)23(30)27-15-9-10-19(25)18(11-15)22(26)29/h1-12H,(H2,26,29)(H,27,30). The molecule has 30 heavy (non-hydrogen) atoms. The van der Waals surface area contributed by atoms with Gasteiger partial charge in [0.2, 0.25) is 0 Å². The first-order valence-electron chi connectivity index (χ1n) is 8.99. The molecule has 0 unspecified atom stereocenters. The lowest BCUT2D eigenvalue weighted by Crippen LogP contribution is -2.16. The number of para-hydroxylation sites is 1. The van der Waals surface area contributed by atoms with E-state index in [-0.39, 0.29) is 11.3 Å². The van der Waals surface area contributed by atoms with Crippen LogP contribution >= 0.6 is 11.6 Å². The molecule has 1 aromatic heterocycles. The monoisotopic (exact) mass is 419 g/mol. The molecule has 0 aliphatic carbocycles. The van der Waals surface area contributed by atoms with Gasteiger partial charge in [-0.25, -0.2) is 9.37 Å². The quantitative estimate of drug-likeness (QED) is 0.485. The molecule has 0 aliphatic heterocycles. The van der Waals surface area contributed by atoms with Gasteiger partial charge in [0.25, 0.3) is 11.8 Å². The molecule has 0 radical (unpaired) electrons. The maximum atomic E-state index is 13.7. The molecule has 0 aliphatic rings. The van der Waals surface area contributed by atoms with Gasteiger partial charge in [-0.1, -0.05) is 41.9 Å². The van der Waals surface area contributed by atoms with Crippen molar-refractivity contribution in [2.45, 2.75) is 0 Å². The van der Waals surface area contributed by atoms with Crippen molar-refractivity contribution < 1.29 is 14.0 Å². The number of hydrogen-bond acceptors (Lipinski definition) is 3. The molecule has 0 fully saturated rings. The van der Waals surface area contributed by atoms with Crippen LogP contribution in [0.2, 0.25) is 5.02 Å². The van der Waals surface area contributed by atoms with Gasteiger partial charge in [-0.2, -0.15) is 0 Å². The average Bonchev–Trinajstić information content (AvgIpc) is 2.74. The van der Waals surface area contributed by atoms with E-state index in [4.69, 9.17) is 17.3 Å². The van der Waals surface area contributed by atoms with Crippen LogP contribution in [0.1, 0.15) is 20.7 Å². The number of anilines is 1. The summed E-state index contributed by atoms with van der Waals surface area (Å²) in [5.41, 5.74) is 7.58. The number of halogens is 2. The average molecular weight is 420 g/mol. The minimum atomic E-state index is -0.914. The number of rotatable bonds is 4. The Kier molecular flexibility index (Phi) is 5.16. The molecule has 2 amide bonds. The number of benzene rings is 3. The number of hydrogen-bond donors (Lipinski definition) is 2. The van der Waals surface area contributed by atoms with E-state index in [1.807, 2.05) is 30.3 Å². The third-order valence-corrected chi connectivity index (χ3v) is 4.84. The highest BCUT2D eigenvalue weighted by Gasteiger charge is 2.16. The minimum Gasteiger partial charge on any atom is -0.366 e. The maximum Gasteiger partial charge on any atom is 0.256 e. The van der Waals surface area contributed by atoms with Crippen LogP contribution in [0.4, 0.5) is 10.1 Å². The van der Waals surface area contributed by atoms with Crippen molar-refractivity contribution in [1.29, 1.82) is 0 Å². The Hall–Kier alpha value is -3.77. The Morgan fingerprint density at radius 2 is 1.67 bits per heavy atom. The van der Waals surface area contributed by atoms with Crippen molar-refractivity contribution >= 4 is 40.0 Å². The first kappa shape index (κ1) is 19.5. The van der Waals surface area contributed by atoms with E-state index in [0.29, 0.717) is 27.2 Å². The second kappa shape index (κ2) is 7.93. The fourth-order valence-electron chi connectivity index (χ4n) is 3.12. The van der Waals surface area contributed by atoms with E-state index in [9.17, 15) is 14.0 Å². The number of carbonyl (C=O) groups is 2. The second-order valence-corrected chi connectivity index (χ2v) is 7.03. The van der Waals surface area contributed by atoms with E-state index >= 15 is 0 Å². The van der Waals surface area contributed by atoms with Crippen LogP contribution in [-0.2, 0) is 0 Å². The predicted octanol–water partition coefficient (Wildman–Crippen LogP) is 5.05. The van der Waals surface area contributed by atoms with E-state index in [1.54, 1.807) is 24.3 Å². The molecule has 7 heteroatoms. The van der Waals surface area contributed by atoms with Gasteiger partial charge in [0.15, 0.2) is 0 Å². The highest BCUT2D eigenvalue weighted by Crippen LogP contribution is 2.27. The molecule has 4 rings (SSSR count). The summed E-state index contributed by atoms with van der Waals surface area (Å²) in [5, 5.41) is 3.95. The number of pyridine rings is 1. The first-order valence-corrected chi connectivity index (χ1v) is 9.36. The highest BCUT2D eigenvalue weighted by molar-refractivity contribution is 6.30. The minimum absolute atomic E-state index is 0.254. The molecule has 0 spiro atoms. The van der Waals surface area contributed by atoms with Crippen LogP contribution in [0.3, 0.4) is 0 Å². The number of primary amides is 1. The van der Waals surface area contributed by atoms with Crippen LogP contribution in [0.25, 0.3) is 22.2 Å². The Morgan fingerprint density at radius 3 is 2.40 bits per heavy atom. The van der Waals surface area contributed by atoms with Crippen molar-refractivity contribution in [2.75, 3.05) is 5.32 Å². The molecule has 1 heterocycles. The summed E-state index contributed by atoms with van der Waals surface area (Å²) in [4.78, 5) is 29.1. The van der Waals surface area contributed by atoms with Gasteiger partial charge in [-0.15, -0.1) is 0 Å². The molecule has 0 bridgehead atoms. The van der Waals surface area contributed by atoms with Crippen LogP contribution in [0, 0.1) is 5.82 Å². The Labute approximate surface area is 176 Å². The number of nitrogens with one attached hydrogen (secondary N) is 1. The van der Waals surface area contributed by atoms with Gasteiger partial charge in [0.05, 0.1) is 22.3 Å². The van der Waals surface area contributed by atoms with Crippen molar-refractivity contribution in [3.63, 3.8) is 0 Å². The van der Waals surface area contributed by atoms with Crippen molar-refractivity contribution in [3.05, 3.63) is 94.8 Å². The summed E-state index contributed by atoms with van der Waals surface area (Å²) >= 11 is 5.97. The van der Waals surface area contributed by atoms with Gasteiger partial charge in [-0.3, -0.25) is 9.59 Å². The van der Waals surface area contributed by atoms with Gasteiger partial charge in [-0.05, 0) is 42.5 Å². The maximum absolute atomic E-state index is 13.7. The largest absolute Gasteiger partial charge is 0.366 e. The summed E-state index contributed by atoms with van der Waals surface area (Å²) in [6, 6.07) is 19.7. The Balaban J connectivity index is 1.77. The zero-order chi connectivity index (χ0) is 21.3. The molecule has 3 N–H and O–H groups in total. The zero-order valence-corrected chi connectivity index (χ0v) is 16.3. The van der Waals surface area contributed by atoms with Gasteiger partial charge in [0, 0.05) is 21.7 Å². The summed E-state index contributed by atoms with van der Waals surface area (Å²) in [5.74, 6) is -2.09. The Morgan fingerprint density at radius 1 is 0.933 bits per heavy atom. The van der Waals surface area contributed by atoms with Gasteiger partial charge < -0.3 is 11.1 Å². The fourth-order valence-corrected chi connectivity index (χ4v) is 3.25. The predicted molar refractivity (Wildman–Crippen MR) is 115 cm³/mol. The molecule has 4 aromatic rings. The number of carbonyl (C=O) groups excluding carboxylic acids is 2. The summed E-state index contributed by atoms with van der Waals surface area (Å²) in [7, 11) is 0.